The molecule has 0 saturated carbocycles. The van der Waals surface area contributed by atoms with Crippen molar-refractivity contribution >= 4 is 18.6 Å². The van der Waals surface area contributed by atoms with Gasteiger partial charge in [-0.05, 0) is 26.8 Å². The second kappa shape index (κ2) is 5.37. The van der Waals surface area contributed by atoms with Gasteiger partial charge in [0.05, 0.1) is 7.11 Å². The predicted molar refractivity (Wildman–Crippen MR) is 65.8 cm³/mol. The van der Waals surface area contributed by atoms with E-state index in [1.54, 1.807) is 20.8 Å². The maximum Gasteiger partial charge on any atom is 0.489 e. The minimum atomic E-state index is -1.80. The highest BCUT2D eigenvalue weighted by Crippen LogP contribution is 2.17. The van der Waals surface area contributed by atoms with Crippen LogP contribution in [0.15, 0.2) is 12.3 Å². The molecule has 1 heterocycles. The Morgan fingerprint density at radius 2 is 2.00 bits per heavy atom. The van der Waals surface area contributed by atoms with Crippen LogP contribution in [-0.4, -0.2) is 40.8 Å². The molecule has 0 spiro atoms. The lowest BCUT2D eigenvalue weighted by Gasteiger charge is -2.21. The molecule has 0 aromatic carbocycles. The van der Waals surface area contributed by atoms with Crippen LogP contribution in [0.25, 0.3) is 0 Å². The molecule has 6 nitrogen and oxygen atoms in total. The Bertz CT molecular complexity index is 442. The van der Waals surface area contributed by atoms with Crippen LogP contribution in [0.3, 0.4) is 0 Å². The Kier molecular flexibility index (Phi) is 4.31. The standard InChI is InChI=1S/C11H16BNO5/c1-11(2,3)18-10(14)8-7(12(15)16)5-6-13-9(8)17-4/h5-6,15-16H,1-4H3. The smallest absolute Gasteiger partial charge is 0.480 e. The highest BCUT2D eigenvalue weighted by atomic mass is 16.6. The van der Waals surface area contributed by atoms with E-state index in [9.17, 15) is 14.8 Å². The first-order chi connectivity index (χ1) is 8.26. The summed E-state index contributed by atoms with van der Waals surface area (Å²) in [6.07, 6.45) is 1.32. The number of methoxy groups -OCH3 is 1. The molecule has 0 bridgehead atoms. The van der Waals surface area contributed by atoms with E-state index in [0.717, 1.165) is 0 Å². The number of esters is 1. The number of carbonyl (C=O) groups excluding carboxylic acids is 1. The van der Waals surface area contributed by atoms with E-state index in [1.807, 2.05) is 0 Å². The molecule has 0 fully saturated rings. The largest absolute Gasteiger partial charge is 0.489 e. The number of carbonyl (C=O) groups is 1. The van der Waals surface area contributed by atoms with E-state index in [1.165, 1.54) is 19.4 Å². The second-order valence-corrected chi connectivity index (χ2v) is 4.66. The molecule has 0 unspecified atom stereocenters. The summed E-state index contributed by atoms with van der Waals surface area (Å²) in [5, 5.41) is 18.5. The van der Waals surface area contributed by atoms with Crippen molar-refractivity contribution < 1.29 is 24.3 Å². The third-order valence-corrected chi connectivity index (χ3v) is 2.02. The monoisotopic (exact) mass is 253 g/mol. The fourth-order valence-electron chi connectivity index (χ4n) is 1.36. The Hall–Kier alpha value is -1.60. The molecule has 0 saturated heterocycles. The maximum atomic E-state index is 12.0. The normalized spacial score (nSPS) is 11.0. The summed E-state index contributed by atoms with van der Waals surface area (Å²) in [4.78, 5) is 15.8. The van der Waals surface area contributed by atoms with E-state index >= 15 is 0 Å². The zero-order valence-corrected chi connectivity index (χ0v) is 10.8. The van der Waals surface area contributed by atoms with Crippen molar-refractivity contribution in [3.63, 3.8) is 0 Å². The average molecular weight is 253 g/mol. The number of nitrogens with zero attached hydrogens (tertiary/aromatic N) is 1. The lowest BCUT2D eigenvalue weighted by Crippen LogP contribution is -2.37. The molecular formula is C11H16BNO5. The number of aromatic nitrogens is 1. The summed E-state index contributed by atoms with van der Waals surface area (Å²) in [6.45, 7) is 5.13. The molecule has 18 heavy (non-hydrogen) atoms. The molecule has 7 heteroatoms. The van der Waals surface area contributed by atoms with Gasteiger partial charge in [0.25, 0.3) is 0 Å². The second-order valence-electron chi connectivity index (χ2n) is 4.66. The molecule has 1 rings (SSSR count). The van der Waals surface area contributed by atoms with Gasteiger partial charge >= 0.3 is 13.1 Å². The zero-order chi connectivity index (χ0) is 13.9. The van der Waals surface area contributed by atoms with Crippen molar-refractivity contribution in [1.29, 1.82) is 0 Å². The van der Waals surface area contributed by atoms with Crippen LogP contribution in [0.4, 0.5) is 0 Å². The van der Waals surface area contributed by atoms with Crippen molar-refractivity contribution in [3.05, 3.63) is 17.8 Å². The van der Waals surface area contributed by atoms with E-state index in [2.05, 4.69) is 4.98 Å². The van der Waals surface area contributed by atoms with Crippen molar-refractivity contribution in [2.45, 2.75) is 26.4 Å². The van der Waals surface area contributed by atoms with E-state index in [0.29, 0.717) is 0 Å². The van der Waals surface area contributed by atoms with E-state index < -0.39 is 18.7 Å². The summed E-state index contributed by atoms with van der Waals surface area (Å²) in [5.41, 5.74) is -0.781. The zero-order valence-electron chi connectivity index (χ0n) is 10.8. The summed E-state index contributed by atoms with van der Waals surface area (Å²) in [7, 11) is -0.464. The SMILES string of the molecule is COc1nccc(B(O)O)c1C(=O)OC(C)(C)C. The summed E-state index contributed by atoms with van der Waals surface area (Å²) < 4.78 is 10.1. The first-order valence-electron chi connectivity index (χ1n) is 5.38. The lowest BCUT2D eigenvalue weighted by atomic mass is 9.77. The molecule has 0 radical (unpaired) electrons. The molecule has 0 amide bonds. The van der Waals surface area contributed by atoms with Crippen LogP contribution < -0.4 is 10.2 Å². The van der Waals surface area contributed by atoms with Gasteiger partial charge in [-0.1, -0.05) is 0 Å². The van der Waals surface area contributed by atoms with Crippen molar-refractivity contribution in [3.8, 4) is 5.88 Å². The van der Waals surface area contributed by atoms with Gasteiger partial charge in [0.1, 0.15) is 11.2 Å². The van der Waals surface area contributed by atoms with Crippen LogP contribution in [0.5, 0.6) is 5.88 Å². The molecule has 0 aliphatic rings. The minimum Gasteiger partial charge on any atom is -0.480 e. The Labute approximate surface area is 106 Å². The third kappa shape index (κ3) is 3.45. The Morgan fingerprint density at radius 1 is 1.39 bits per heavy atom. The van der Waals surface area contributed by atoms with Gasteiger partial charge in [0, 0.05) is 11.7 Å². The van der Waals surface area contributed by atoms with Gasteiger partial charge in [0.15, 0.2) is 0 Å². The number of rotatable bonds is 3. The summed E-state index contributed by atoms with van der Waals surface area (Å²) >= 11 is 0. The molecule has 2 N–H and O–H groups in total. The number of ether oxygens (including phenoxy) is 2. The first-order valence-corrected chi connectivity index (χ1v) is 5.38. The fraction of sp³-hybridized carbons (Fsp3) is 0.455. The van der Waals surface area contributed by atoms with Crippen molar-refractivity contribution in [2.75, 3.05) is 7.11 Å². The quantitative estimate of drug-likeness (QED) is 0.569. The topological polar surface area (TPSA) is 88.9 Å². The lowest BCUT2D eigenvalue weighted by molar-refractivity contribution is 0.00668. The summed E-state index contributed by atoms with van der Waals surface area (Å²) in [6, 6.07) is 1.33. The molecule has 1 aromatic heterocycles. The van der Waals surface area contributed by atoms with Crippen LogP contribution in [-0.2, 0) is 4.74 Å². The van der Waals surface area contributed by atoms with Gasteiger partial charge in [-0.25, -0.2) is 9.78 Å². The highest BCUT2D eigenvalue weighted by molar-refractivity contribution is 6.60. The Morgan fingerprint density at radius 3 is 2.44 bits per heavy atom. The molecule has 98 valence electrons. The van der Waals surface area contributed by atoms with Crippen LogP contribution in [0.2, 0.25) is 0 Å². The van der Waals surface area contributed by atoms with Gasteiger partial charge in [-0.15, -0.1) is 0 Å². The Balaban J connectivity index is 3.23. The summed E-state index contributed by atoms with van der Waals surface area (Å²) in [5.74, 6) is -0.717. The molecule has 0 aliphatic heterocycles. The molecule has 0 aliphatic carbocycles. The molecule has 0 atom stereocenters. The van der Waals surface area contributed by atoms with Crippen LogP contribution in [0, 0.1) is 0 Å². The first kappa shape index (κ1) is 14.5. The van der Waals surface area contributed by atoms with Gasteiger partial charge in [-0.2, -0.15) is 0 Å². The van der Waals surface area contributed by atoms with Crippen LogP contribution in [0.1, 0.15) is 31.1 Å². The van der Waals surface area contributed by atoms with Crippen molar-refractivity contribution in [1.82, 2.24) is 4.98 Å². The average Bonchev–Trinajstić information content (AvgIpc) is 2.25. The predicted octanol–water partition coefficient (Wildman–Crippen LogP) is -0.275. The van der Waals surface area contributed by atoms with Crippen LogP contribution >= 0.6 is 0 Å². The van der Waals surface area contributed by atoms with Gasteiger partial charge in [0.2, 0.25) is 5.88 Å². The van der Waals surface area contributed by atoms with E-state index in [-0.39, 0.29) is 16.9 Å². The number of pyridine rings is 1. The fourth-order valence-corrected chi connectivity index (χ4v) is 1.36. The number of hydrogen-bond acceptors (Lipinski definition) is 6. The highest BCUT2D eigenvalue weighted by Gasteiger charge is 2.29. The molecule has 1 aromatic rings. The van der Waals surface area contributed by atoms with Crippen molar-refractivity contribution in [2.24, 2.45) is 0 Å². The van der Waals surface area contributed by atoms with Gasteiger partial charge in [-0.3, -0.25) is 0 Å². The number of hydrogen-bond donors (Lipinski definition) is 2. The minimum absolute atomic E-state index is 0.00361. The van der Waals surface area contributed by atoms with E-state index in [4.69, 9.17) is 9.47 Å². The third-order valence-electron chi connectivity index (χ3n) is 2.02. The molecular weight excluding hydrogens is 237 g/mol. The maximum absolute atomic E-state index is 12.0. The van der Waals surface area contributed by atoms with Gasteiger partial charge < -0.3 is 19.5 Å².